The third-order valence-corrected chi connectivity index (χ3v) is 3.04. The summed E-state index contributed by atoms with van der Waals surface area (Å²) >= 11 is 0. The van der Waals surface area contributed by atoms with Crippen LogP contribution in [0, 0.1) is 5.82 Å². The van der Waals surface area contributed by atoms with Gasteiger partial charge in [-0.15, -0.1) is 0 Å². The lowest BCUT2D eigenvalue weighted by Gasteiger charge is -2.15. The van der Waals surface area contributed by atoms with Gasteiger partial charge >= 0.3 is 6.61 Å². The van der Waals surface area contributed by atoms with Crippen molar-refractivity contribution in [3.05, 3.63) is 65.5 Å². The minimum absolute atomic E-state index is 0.0860. The molecule has 0 saturated carbocycles. The molecule has 0 spiro atoms. The SMILES string of the molecule is C[C@@H](NC(=O)c1cccc(OC(F)F)c1)c1ccc(F)cc1. The van der Waals surface area contributed by atoms with E-state index in [2.05, 4.69) is 10.1 Å². The Kier molecular flexibility index (Phi) is 5.04. The van der Waals surface area contributed by atoms with E-state index in [4.69, 9.17) is 0 Å². The fourth-order valence-corrected chi connectivity index (χ4v) is 1.93. The molecule has 1 atom stereocenters. The Morgan fingerprint density at radius 1 is 1.14 bits per heavy atom. The van der Waals surface area contributed by atoms with E-state index in [0.29, 0.717) is 0 Å². The third-order valence-electron chi connectivity index (χ3n) is 3.04. The summed E-state index contributed by atoms with van der Waals surface area (Å²) in [7, 11) is 0. The van der Waals surface area contributed by atoms with Gasteiger partial charge in [0.1, 0.15) is 11.6 Å². The summed E-state index contributed by atoms with van der Waals surface area (Å²) in [6.07, 6.45) is 0. The molecule has 2 rings (SSSR count). The molecule has 0 aromatic heterocycles. The Hall–Kier alpha value is -2.50. The molecule has 0 unspecified atom stereocenters. The normalized spacial score (nSPS) is 12.0. The predicted molar refractivity (Wildman–Crippen MR) is 75.4 cm³/mol. The molecule has 3 nitrogen and oxygen atoms in total. The van der Waals surface area contributed by atoms with Crippen molar-refractivity contribution in [3.63, 3.8) is 0 Å². The van der Waals surface area contributed by atoms with Gasteiger partial charge in [-0.05, 0) is 42.8 Å². The Labute approximate surface area is 125 Å². The van der Waals surface area contributed by atoms with Gasteiger partial charge in [-0.1, -0.05) is 18.2 Å². The van der Waals surface area contributed by atoms with Gasteiger partial charge in [0.15, 0.2) is 0 Å². The maximum Gasteiger partial charge on any atom is 0.387 e. The number of halogens is 3. The number of rotatable bonds is 5. The highest BCUT2D eigenvalue weighted by molar-refractivity contribution is 5.94. The Balaban J connectivity index is 2.06. The van der Waals surface area contributed by atoms with Gasteiger partial charge in [0.25, 0.3) is 5.91 Å². The Morgan fingerprint density at radius 3 is 2.45 bits per heavy atom. The van der Waals surface area contributed by atoms with Crippen LogP contribution < -0.4 is 10.1 Å². The van der Waals surface area contributed by atoms with Crippen LogP contribution in [0.15, 0.2) is 48.5 Å². The highest BCUT2D eigenvalue weighted by atomic mass is 19.3. The maximum absolute atomic E-state index is 12.9. The summed E-state index contributed by atoms with van der Waals surface area (Å²) < 4.78 is 41.4. The van der Waals surface area contributed by atoms with Crippen LogP contribution in [-0.2, 0) is 0 Å². The lowest BCUT2D eigenvalue weighted by atomic mass is 10.1. The van der Waals surface area contributed by atoms with E-state index in [1.54, 1.807) is 19.1 Å². The van der Waals surface area contributed by atoms with Crippen LogP contribution in [0.3, 0.4) is 0 Å². The molecule has 0 aliphatic carbocycles. The number of hydrogen-bond acceptors (Lipinski definition) is 2. The van der Waals surface area contributed by atoms with Gasteiger partial charge in [-0.2, -0.15) is 8.78 Å². The largest absolute Gasteiger partial charge is 0.435 e. The number of alkyl halides is 2. The van der Waals surface area contributed by atoms with E-state index in [1.807, 2.05) is 0 Å². The molecule has 0 heterocycles. The minimum Gasteiger partial charge on any atom is -0.435 e. The van der Waals surface area contributed by atoms with Crippen LogP contribution in [-0.4, -0.2) is 12.5 Å². The molecule has 6 heteroatoms. The molecular weight excluding hydrogens is 295 g/mol. The van der Waals surface area contributed by atoms with Crippen molar-refractivity contribution in [2.45, 2.75) is 19.6 Å². The second kappa shape index (κ2) is 6.98. The zero-order valence-corrected chi connectivity index (χ0v) is 11.7. The smallest absolute Gasteiger partial charge is 0.387 e. The molecule has 22 heavy (non-hydrogen) atoms. The zero-order valence-electron chi connectivity index (χ0n) is 11.7. The minimum atomic E-state index is -2.95. The Bertz CT molecular complexity index is 644. The van der Waals surface area contributed by atoms with Crippen molar-refractivity contribution in [1.29, 1.82) is 0 Å². The Morgan fingerprint density at radius 2 is 1.82 bits per heavy atom. The highest BCUT2D eigenvalue weighted by Crippen LogP contribution is 2.18. The van der Waals surface area contributed by atoms with Crippen molar-refractivity contribution in [2.75, 3.05) is 0 Å². The van der Waals surface area contributed by atoms with Crippen LogP contribution in [0.4, 0.5) is 13.2 Å². The average Bonchev–Trinajstić information content (AvgIpc) is 2.47. The fraction of sp³-hybridized carbons (Fsp3) is 0.188. The first kappa shape index (κ1) is 15.9. The molecule has 0 fully saturated rings. The summed E-state index contributed by atoms with van der Waals surface area (Å²) in [4.78, 5) is 12.1. The summed E-state index contributed by atoms with van der Waals surface area (Å²) in [6.45, 7) is -1.21. The lowest BCUT2D eigenvalue weighted by Crippen LogP contribution is -2.26. The fourth-order valence-electron chi connectivity index (χ4n) is 1.93. The van der Waals surface area contributed by atoms with Crippen molar-refractivity contribution in [2.24, 2.45) is 0 Å². The molecule has 0 aliphatic heterocycles. The lowest BCUT2D eigenvalue weighted by molar-refractivity contribution is -0.0498. The maximum atomic E-state index is 12.9. The van der Waals surface area contributed by atoms with Crippen molar-refractivity contribution in [1.82, 2.24) is 5.32 Å². The summed E-state index contributed by atoms with van der Waals surface area (Å²) in [6, 6.07) is 10.9. The van der Waals surface area contributed by atoms with Crippen molar-refractivity contribution >= 4 is 5.91 Å². The van der Waals surface area contributed by atoms with Crippen molar-refractivity contribution < 1.29 is 22.7 Å². The number of amides is 1. The quantitative estimate of drug-likeness (QED) is 0.909. The first-order valence-electron chi connectivity index (χ1n) is 6.57. The molecule has 0 radical (unpaired) electrons. The van der Waals surface area contributed by atoms with Gasteiger partial charge in [-0.25, -0.2) is 4.39 Å². The number of ether oxygens (including phenoxy) is 1. The summed E-state index contributed by atoms with van der Waals surface area (Å²) in [5, 5.41) is 2.71. The third kappa shape index (κ3) is 4.25. The van der Waals surface area contributed by atoms with Crippen LogP contribution in [0.25, 0.3) is 0 Å². The van der Waals surface area contributed by atoms with Crippen LogP contribution in [0.2, 0.25) is 0 Å². The second-order valence-corrected chi connectivity index (χ2v) is 4.65. The molecular formula is C16H14F3NO2. The molecule has 116 valence electrons. The van der Waals surface area contributed by atoms with Crippen molar-refractivity contribution in [3.8, 4) is 5.75 Å². The monoisotopic (exact) mass is 309 g/mol. The number of hydrogen-bond donors (Lipinski definition) is 1. The number of carbonyl (C=O) groups is 1. The molecule has 0 aliphatic rings. The summed E-state index contributed by atoms with van der Waals surface area (Å²) in [5.74, 6) is -0.882. The van der Waals surface area contributed by atoms with Gasteiger partial charge in [0.05, 0.1) is 6.04 Å². The molecule has 2 aromatic carbocycles. The van der Waals surface area contributed by atoms with Gasteiger partial charge in [-0.3, -0.25) is 4.79 Å². The molecule has 2 aromatic rings. The highest BCUT2D eigenvalue weighted by Gasteiger charge is 2.13. The first-order valence-corrected chi connectivity index (χ1v) is 6.57. The molecule has 0 bridgehead atoms. The first-order chi connectivity index (χ1) is 10.5. The molecule has 0 saturated heterocycles. The zero-order chi connectivity index (χ0) is 16.1. The molecule has 1 N–H and O–H groups in total. The number of nitrogens with one attached hydrogen (secondary N) is 1. The van der Waals surface area contributed by atoms with Crippen LogP contribution in [0.5, 0.6) is 5.75 Å². The topological polar surface area (TPSA) is 38.3 Å². The van der Waals surface area contributed by atoms with E-state index >= 15 is 0 Å². The van der Waals surface area contributed by atoms with Crippen LogP contribution >= 0.6 is 0 Å². The standard InChI is InChI=1S/C16H14F3NO2/c1-10(11-5-7-13(17)8-6-11)20-15(21)12-3-2-4-14(9-12)22-16(18)19/h2-10,16H,1H3,(H,20,21)/t10-/m1/s1. The number of benzene rings is 2. The van der Waals surface area contributed by atoms with Gasteiger partial charge < -0.3 is 10.1 Å². The van der Waals surface area contributed by atoms with E-state index in [0.717, 1.165) is 5.56 Å². The predicted octanol–water partition coefficient (Wildman–Crippen LogP) is 3.92. The molecule has 1 amide bonds. The number of carbonyl (C=O) groups excluding carboxylic acids is 1. The van der Waals surface area contributed by atoms with Gasteiger partial charge in [0, 0.05) is 5.56 Å². The van der Waals surface area contributed by atoms with E-state index in [-0.39, 0.29) is 23.2 Å². The van der Waals surface area contributed by atoms with E-state index in [1.165, 1.54) is 36.4 Å². The van der Waals surface area contributed by atoms with E-state index in [9.17, 15) is 18.0 Å². The average molecular weight is 309 g/mol. The summed E-state index contributed by atoms with van der Waals surface area (Å²) in [5.41, 5.74) is 0.932. The van der Waals surface area contributed by atoms with Gasteiger partial charge in [0.2, 0.25) is 0 Å². The second-order valence-electron chi connectivity index (χ2n) is 4.65. The van der Waals surface area contributed by atoms with Crippen LogP contribution in [0.1, 0.15) is 28.9 Å². The van der Waals surface area contributed by atoms with E-state index < -0.39 is 12.5 Å².